The number of carbonyl (C=O) groups excluding carboxylic acids is 1. The molecule has 20 heavy (non-hydrogen) atoms. The highest BCUT2D eigenvalue weighted by molar-refractivity contribution is 7.98. The van der Waals surface area contributed by atoms with Crippen LogP contribution >= 0.6 is 35.0 Å². The third-order valence-corrected chi connectivity index (χ3v) is 5.18. The number of thioether (sulfide) groups is 1. The lowest BCUT2D eigenvalue weighted by Gasteiger charge is -2.13. The Morgan fingerprint density at radius 3 is 2.70 bits per heavy atom. The fourth-order valence-corrected chi connectivity index (χ4v) is 3.62. The number of benzene rings is 1. The molecular formula is C14H11Cl2NO2S. The van der Waals surface area contributed by atoms with Crippen LogP contribution in [0.1, 0.15) is 40.2 Å². The zero-order valence-corrected chi connectivity index (χ0v) is 13.0. The van der Waals surface area contributed by atoms with Gasteiger partial charge in [-0.2, -0.15) is 0 Å². The predicted octanol–water partition coefficient (Wildman–Crippen LogP) is 4.81. The number of ketones is 1. The molecule has 1 aromatic heterocycles. The minimum Gasteiger partial charge on any atom is -0.364 e. The zero-order valence-electron chi connectivity index (χ0n) is 10.7. The van der Waals surface area contributed by atoms with Crippen LogP contribution in [-0.4, -0.2) is 17.2 Å². The summed E-state index contributed by atoms with van der Waals surface area (Å²) >= 11 is 14.1. The molecule has 104 valence electrons. The zero-order chi connectivity index (χ0) is 14.3. The Labute approximate surface area is 130 Å². The molecule has 0 amide bonds. The Hall–Kier alpha value is -0.970. The topological polar surface area (TPSA) is 43.1 Å². The summed E-state index contributed by atoms with van der Waals surface area (Å²) < 4.78 is 4.74. The van der Waals surface area contributed by atoms with Gasteiger partial charge in [-0.3, -0.25) is 4.79 Å². The van der Waals surface area contributed by atoms with Gasteiger partial charge in [-0.05, 0) is 36.6 Å². The van der Waals surface area contributed by atoms with E-state index in [1.807, 2.05) is 12.3 Å². The van der Waals surface area contributed by atoms with Crippen molar-refractivity contribution in [2.75, 3.05) is 6.26 Å². The Morgan fingerprint density at radius 1 is 1.40 bits per heavy atom. The first-order valence-corrected chi connectivity index (χ1v) is 8.11. The lowest BCUT2D eigenvalue weighted by Crippen LogP contribution is -2.04. The Kier molecular flexibility index (Phi) is 3.80. The summed E-state index contributed by atoms with van der Waals surface area (Å²) in [5, 5.41) is 4.60. The molecule has 0 unspecified atom stereocenters. The van der Waals surface area contributed by atoms with E-state index in [1.165, 1.54) is 24.2 Å². The van der Waals surface area contributed by atoms with Crippen molar-refractivity contribution in [3.8, 4) is 0 Å². The fraction of sp³-hybridized carbons (Fsp3) is 0.286. The molecule has 0 radical (unpaired) electrons. The molecule has 1 heterocycles. The molecule has 0 saturated heterocycles. The van der Waals surface area contributed by atoms with Crippen LogP contribution in [0.4, 0.5) is 0 Å². The summed E-state index contributed by atoms with van der Waals surface area (Å²) in [4.78, 5) is 13.2. The highest BCUT2D eigenvalue weighted by atomic mass is 35.5. The Morgan fingerprint density at radius 2 is 2.15 bits per heavy atom. The van der Waals surface area contributed by atoms with Crippen LogP contribution in [0.2, 0.25) is 10.0 Å². The van der Waals surface area contributed by atoms with Gasteiger partial charge in [-0.25, -0.2) is 0 Å². The van der Waals surface area contributed by atoms with E-state index in [2.05, 4.69) is 5.16 Å². The van der Waals surface area contributed by atoms with E-state index in [0.717, 1.165) is 18.4 Å². The average Bonchev–Trinajstić information content (AvgIpc) is 3.14. The van der Waals surface area contributed by atoms with Crippen molar-refractivity contribution < 1.29 is 9.32 Å². The van der Waals surface area contributed by atoms with Gasteiger partial charge in [-0.1, -0.05) is 28.4 Å². The van der Waals surface area contributed by atoms with E-state index >= 15 is 0 Å². The van der Waals surface area contributed by atoms with Crippen LogP contribution < -0.4 is 0 Å². The van der Waals surface area contributed by atoms with Crippen LogP contribution in [-0.2, 0) is 0 Å². The molecule has 0 atom stereocenters. The second-order valence-electron chi connectivity index (χ2n) is 4.69. The third-order valence-electron chi connectivity index (χ3n) is 3.35. The van der Waals surface area contributed by atoms with Crippen LogP contribution in [0, 0.1) is 0 Å². The highest BCUT2D eigenvalue weighted by Gasteiger charge is 2.30. The van der Waals surface area contributed by atoms with Crippen LogP contribution in [0.5, 0.6) is 0 Å². The number of hydrogen-bond acceptors (Lipinski definition) is 4. The van der Waals surface area contributed by atoms with Gasteiger partial charge in [0.25, 0.3) is 0 Å². The van der Waals surface area contributed by atoms with Gasteiger partial charge in [0.05, 0.1) is 21.8 Å². The number of nitrogens with zero attached hydrogens (tertiary/aromatic N) is 1. The van der Waals surface area contributed by atoms with Crippen molar-refractivity contribution in [3.63, 3.8) is 0 Å². The average molecular weight is 328 g/mol. The molecule has 3 rings (SSSR count). The second kappa shape index (κ2) is 5.43. The van der Waals surface area contributed by atoms with Crippen LogP contribution in [0.25, 0.3) is 0 Å². The number of rotatable bonds is 4. The molecule has 1 fully saturated rings. The monoisotopic (exact) mass is 327 g/mol. The molecule has 0 aliphatic heterocycles. The van der Waals surface area contributed by atoms with Crippen molar-refractivity contribution in [1.82, 2.24) is 5.16 Å². The normalized spacial score (nSPS) is 14.6. The van der Waals surface area contributed by atoms with E-state index in [0.29, 0.717) is 32.0 Å². The minimum absolute atomic E-state index is 0.143. The van der Waals surface area contributed by atoms with E-state index < -0.39 is 0 Å². The maximum atomic E-state index is 12.5. The first-order chi connectivity index (χ1) is 9.63. The molecule has 0 bridgehead atoms. The van der Waals surface area contributed by atoms with Gasteiger partial charge in [-0.15, -0.1) is 11.8 Å². The quantitative estimate of drug-likeness (QED) is 0.597. The molecule has 2 aromatic rings. The van der Waals surface area contributed by atoms with Crippen LogP contribution in [0.3, 0.4) is 0 Å². The van der Waals surface area contributed by atoms with Gasteiger partial charge < -0.3 is 4.52 Å². The Bertz CT molecular complexity index is 666. The third kappa shape index (κ3) is 2.36. The van der Waals surface area contributed by atoms with E-state index in [4.69, 9.17) is 27.7 Å². The first-order valence-electron chi connectivity index (χ1n) is 6.13. The summed E-state index contributed by atoms with van der Waals surface area (Å²) in [6.45, 7) is 0. The van der Waals surface area contributed by atoms with Gasteiger partial charge in [0.2, 0.25) is 0 Å². The number of hydrogen-bond donors (Lipinski definition) is 0. The van der Waals surface area contributed by atoms with Crippen molar-refractivity contribution in [2.24, 2.45) is 0 Å². The van der Waals surface area contributed by atoms with Crippen molar-refractivity contribution in [1.29, 1.82) is 0 Å². The summed E-state index contributed by atoms with van der Waals surface area (Å²) in [5.41, 5.74) is 1.95. The predicted molar refractivity (Wildman–Crippen MR) is 80.2 cm³/mol. The molecule has 0 spiro atoms. The molecule has 1 aliphatic rings. The number of aromatic nitrogens is 1. The number of halogens is 2. The maximum Gasteiger partial charge on any atom is 0.199 e. The minimum atomic E-state index is -0.143. The van der Waals surface area contributed by atoms with E-state index in [-0.39, 0.29) is 5.78 Å². The van der Waals surface area contributed by atoms with Gasteiger partial charge in [0.1, 0.15) is 6.26 Å². The molecule has 6 heteroatoms. The smallest absolute Gasteiger partial charge is 0.199 e. The maximum absolute atomic E-state index is 12.5. The fourth-order valence-electron chi connectivity index (χ4n) is 2.16. The van der Waals surface area contributed by atoms with Crippen molar-refractivity contribution in [3.05, 3.63) is 45.3 Å². The number of carbonyl (C=O) groups is 1. The van der Waals surface area contributed by atoms with Gasteiger partial charge in [0.15, 0.2) is 5.78 Å². The van der Waals surface area contributed by atoms with E-state index in [1.54, 1.807) is 0 Å². The Balaban J connectivity index is 2.15. The molecule has 3 nitrogen and oxygen atoms in total. The highest BCUT2D eigenvalue weighted by Crippen LogP contribution is 2.48. The van der Waals surface area contributed by atoms with Gasteiger partial charge in [0, 0.05) is 10.5 Å². The molecular weight excluding hydrogens is 317 g/mol. The molecule has 0 N–H and O–H groups in total. The lowest BCUT2D eigenvalue weighted by atomic mass is 10.0. The van der Waals surface area contributed by atoms with E-state index in [9.17, 15) is 4.79 Å². The van der Waals surface area contributed by atoms with Crippen molar-refractivity contribution in [2.45, 2.75) is 23.7 Å². The van der Waals surface area contributed by atoms with Crippen molar-refractivity contribution >= 4 is 40.7 Å². The summed E-state index contributed by atoms with van der Waals surface area (Å²) in [6, 6.07) is 1.87. The lowest BCUT2D eigenvalue weighted by molar-refractivity contribution is 0.103. The molecule has 1 saturated carbocycles. The summed E-state index contributed by atoms with van der Waals surface area (Å²) in [6.07, 6.45) is 6.81. The van der Waals surface area contributed by atoms with Crippen LogP contribution in [0.15, 0.2) is 27.9 Å². The van der Waals surface area contributed by atoms with Gasteiger partial charge >= 0.3 is 0 Å². The molecule has 1 aliphatic carbocycles. The summed E-state index contributed by atoms with van der Waals surface area (Å²) in [5.74, 6) is 0.279. The summed E-state index contributed by atoms with van der Waals surface area (Å²) in [7, 11) is 0. The molecule has 1 aromatic carbocycles. The SMILES string of the molecule is CSc1c(C(=O)c2cnoc2)cc(C2CC2)c(Cl)c1Cl. The second-order valence-corrected chi connectivity index (χ2v) is 6.26. The largest absolute Gasteiger partial charge is 0.364 e. The standard InChI is InChI=1S/C14H11Cl2NO2S/c1-20-14-10(13(18)8-5-17-19-6-8)4-9(7-2-3-7)11(15)12(14)16/h4-7H,2-3H2,1H3. The first kappa shape index (κ1) is 14.0.